The van der Waals surface area contributed by atoms with Crippen LogP contribution in [0.1, 0.15) is 13.3 Å². The Bertz CT molecular complexity index is 576. The predicted molar refractivity (Wildman–Crippen MR) is 69.2 cm³/mol. The lowest BCUT2D eigenvalue weighted by Crippen LogP contribution is -1.95. The van der Waals surface area contributed by atoms with Crippen molar-refractivity contribution in [2.24, 2.45) is 0 Å². The van der Waals surface area contributed by atoms with E-state index >= 15 is 0 Å². The molecule has 1 N–H and O–H groups in total. The Morgan fingerprint density at radius 1 is 1.12 bits per heavy atom. The average molecular weight is 226 g/mol. The van der Waals surface area contributed by atoms with Crippen LogP contribution in [0.4, 0.5) is 0 Å². The fraction of sp³-hybridized carbons (Fsp3) is 0.200. The molecule has 2 aromatic rings. The second kappa shape index (κ2) is 5.27. The zero-order valence-corrected chi connectivity index (χ0v) is 9.73. The van der Waals surface area contributed by atoms with Crippen LogP contribution in [0.25, 0.3) is 10.8 Å². The van der Waals surface area contributed by atoms with Gasteiger partial charge in [-0.2, -0.15) is 0 Å². The van der Waals surface area contributed by atoms with Gasteiger partial charge in [-0.3, -0.25) is 0 Å². The van der Waals surface area contributed by atoms with Crippen LogP contribution in [0.2, 0.25) is 0 Å². The van der Waals surface area contributed by atoms with Crippen LogP contribution < -0.4 is 4.74 Å². The molecule has 0 unspecified atom stereocenters. The van der Waals surface area contributed by atoms with Crippen molar-refractivity contribution in [3.05, 3.63) is 36.4 Å². The molecule has 0 spiro atoms. The van der Waals surface area contributed by atoms with Crippen molar-refractivity contribution in [1.82, 2.24) is 0 Å². The summed E-state index contributed by atoms with van der Waals surface area (Å²) in [5, 5.41) is 11.5. The molecule has 0 aliphatic rings. The van der Waals surface area contributed by atoms with E-state index in [9.17, 15) is 5.11 Å². The third kappa shape index (κ3) is 2.92. The highest BCUT2D eigenvalue weighted by Crippen LogP contribution is 2.24. The summed E-state index contributed by atoms with van der Waals surface area (Å²) in [6.07, 6.45) is 0.731. The quantitative estimate of drug-likeness (QED) is 0.642. The first-order valence-electron chi connectivity index (χ1n) is 5.55. The Hall–Kier alpha value is -2.14. The molecule has 0 radical (unpaired) electrons. The van der Waals surface area contributed by atoms with Crippen LogP contribution in [0, 0.1) is 11.8 Å². The van der Waals surface area contributed by atoms with E-state index in [2.05, 4.69) is 11.8 Å². The number of aromatic hydroxyl groups is 1. The van der Waals surface area contributed by atoms with Gasteiger partial charge in [0.15, 0.2) is 0 Å². The lowest BCUT2D eigenvalue weighted by molar-refractivity contribution is 0.327. The number of benzene rings is 2. The molecule has 0 amide bonds. The molecule has 0 saturated carbocycles. The number of ether oxygens (including phenoxy) is 1. The van der Waals surface area contributed by atoms with Crippen LogP contribution in [0.5, 0.6) is 11.5 Å². The molecule has 0 saturated heterocycles. The Morgan fingerprint density at radius 2 is 1.94 bits per heavy atom. The Kier molecular flexibility index (Phi) is 3.52. The SMILES string of the molecule is CC#CCCOc1ccc2ccc(O)cc2c1. The molecule has 0 fully saturated rings. The van der Waals surface area contributed by atoms with Gasteiger partial charge < -0.3 is 9.84 Å². The largest absolute Gasteiger partial charge is 0.508 e. The van der Waals surface area contributed by atoms with E-state index in [1.165, 1.54) is 0 Å². The van der Waals surface area contributed by atoms with Gasteiger partial charge in [0.2, 0.25) is 0 Å². The molecule has 0 heterocycles. The van der Waals surface area contributed by atoms with Crippen molar-refractivity contribution in [1.29, 1.82) is 0 Å². The lowest BCUT2D eigenvalue weighted by Gasteiger charge is -2.05. The highest BCUT2D eigenvalue weighted by atomic mass is 16.5. The first kappa shape index (κ1) is 11.3. The van der Waals surface area contributed by atoms with Crippen molar-refractivity contribution in [2.45, 2.75) is 13.3 Å². The Balaban J connectivity index is 2.15. The molecule has 0 aliphatic carbocycles. The summed E-state index contributed by atoms with van der Waals surface area (Å²) in [6, 6.07) is 11.1. The highest BCUT2D eigenvalue weighted by molar-refractivity contribution is 5.85. The third-order valence-electron chi connectivity index (χ3n) is 2.47. The fourth-order valence-electron chi connectivity index (χ4n) is 1.65. The van der Waals surface area contributed by atoms with Crippen molar-refractivity contribution < 1.29 is 9.84 Å². The van der Waals surface area contributed by atoms with Crippen molar-refractivity contribution in [3.63, 3.8) is 0 Å². The first-order chi connectivity index (χ1) is 8.29. The zero-order valence-electron chi connectivity index (χ0n) is 9.73. The first-order valence-corrected chi connectivity index (χ1v) is 5.55. The van der Waals surface area contributed by atoms with Gasteiger partial charge in [-0.15, -0.1) is 11.8 Å². The Labute approximate surface area is 101 Å². The third-order valence-corrected chi connectivity index (χ3v) is 2.47. The molecule has 0 bridgehead atoms. The summed E-state index contributed by atoms with van der Waals surface area (Å²) in [5.74, 6) is 6.85. The molecule has 2 aromatic carbocycles. The molecule has 2 heteroatoms. The standard InChI is InChI=1S/C15H14O2/c1-2-3-4-9-17-15-8-6-12-5-7-14(16)10-13(12)11-15/h5-8,10-11,16H,4,9H2,1H3. The van der Waals surface area contributed by atoms with Gasteiger partial charge in [-0.25, -0.2) is 0 Å². The summed E-state index contributed by atoms with van der Waals surface area (Å²) >= 11 is 0. The minimum Gasteiger partial charge on any atom is -0.508 e. The lowest BCUT2D eigenvalue weighted by atomic mass is 10.1. The highest BCUT2D eigenvalue weighted by Gasteiger charge is 1.98. The van der Waals surface area contributed by atoms with Gasteiger partial charge in [0.05, 0.1) is 6.61 Å². The minimum atomic E-state index is 0.270. The molecule has 0 atom stereocenters. The van der Waals surface area contributed by atoms with E-state index in [1.807, 2.05) is 31.2 Å². The van der Waals surface area contributed by atoms with Crippen LogP contribution in [0.15, 0.2) is 36.4 Å². The summed E-state index contributed by atoms with van der Waals surface area (Å²) in [7, 11) is 0. The van der Waals surface area contributed by atoms with Crippen LogP contribution in [-0.2, 0) is 0 Å². The van der Waals surface area contributed by atoms with Crippen LogP contribution >= 0.6 is 0 Å². The van der Waals surface area contributed by atoms with Crippen LogP contribution in [0.3, 0.4) is 0 Å². The van der Waals surface area contributed by atoms with Crippen molar-refractivity contribution in [2.75, 3.05) is 6.61 Å². The smallest absolute Gasteiger partial charge is 0.119 e. The molecule has 0 aromatic heterocycles. The maximum absolute atomic E-state index is 9.41. The van der Waals surface area contributed by atoms with E-state index < -0.39 is 0 Å². The maximum atomic E-state index is 9.41. The fourth-order valence-corrected chi connectivity index (χ4v) is 1.65. The molecule has 2 nitrogen and oxygen atoms in total. The normalized spacial score (nSPS) is 9.71. The second-order valence-electron chi connectivity index (χ2n) is 3.72. The van der Waals surface area contributed by atoms with Gasteiger partial charge in [-0.05, 0) is 42.0 Å². The van der Waals surface area contributed by atoms with Gasteiger partial charge in [-0.1, -0.05) is 12.1 Å². The van der Waals surface area contributed by atoms with E-state index in [4.69, 9.17) is 4.74 Å². The van der Waals surface area contributed by atoms with E-state index in [-0.39, 0.29) is 5.75 Å². The topological polar surface area (TPSA) is 29.5 Å². The molecular weight excluding hydrogens is 212 g/mol. The monoisotopic (exact) mass is 226 g/mol. The number of hydrogen-bond acceptors (Lipinski definition) is 2. The summed E-state index contributed by atoms with van der Waals surface area (Å²) < 4.78 is 5.57. The van der Waals surface area contributed by atoms with Crippen LogP contribution in [-0.4, -0.2) is 11.7 Å². The molecule has 17 heavy (non-hydrogen) atoms. The summed E-state index contributed by atoms with van der Waals surface area (Å²) in [5.41, 5.74) is 0. The van der Waals surface area contributed by atoms with Gasteiger partial charge in [0.1, 0.15) is 11.5 Å². The molecular formula is C15H14O2. The molecule has 86 valence electrons. The Morgan fingerprint density at radius 3 is 2.76 bits per heavy atom. The summed E-state index contributed by atoms with van der Waals surface area (Å²) in [4.78, 5) is 0. The minimum absolute atomic E-state index is 0.270. The predicted octanol–water partition coefficient (Wildman–Crippen LogP) is 3.34. The molecule has 0 aliphatic heterocycles. The second-order valence-corrected chi connectivity index (χ2v) is 3.72. The molecule has 2 rings (SSSR count). The summed E-state index contributed by atoms with van der Waals surface area (Å²) in [6.45, 7) is 2.41. The number of phenolic OH excluding ortho intramolecular Hbond substituents is 1. The number of hydrogen-bond donors (Lipinski definition) is 1. The van der Waals surface area contributed by atoms with Gasteiger partial charge in [0, 0.05) is 6.42 Å². The van der Waals surface area contributed by atoms with Crippen molar-refractivity contribution >= 4 is 10.8 Å². The number of rotatable bonds is 3. The van der Waals surface area contributed by atoms with Gasteiger partial charge >= 0.3 is 0 Å². The number of phenols is 1. The zero-order chi connectivity index (χ0) is 12.1. The number of fused-ring (bicyclic) bond motifs is 1. The van der Waals surface area contributed by atoms with Crippen molar-refractivity contribution in [3.8, 4) is 23.3 Å². The van der Waals surface area contributed by atoms with E-state index in [1.54, 1.807) is 12.1 Å². The maximum Gasteiger partial charge on any atom is 0.119 e. The van der Waals surface area contributed by atoms with E-state index in [0.29, 0.717) is 6.61 Å². The average Bonchev–Trinajstić information content (AvgIpc) is 2.34. The van der Waals surface area contributed by atoms with Gasteiger partial charge in [0.25, 0.3) is 0 Å². The van der Waals surface area contributed by atoms with E-state index in [0.717, 1.165) is 22.9 Å².